The van der Waals surface area contributed by atoms with E-state index in [1.807, 2.05) is 48.7 Å². The van der Waals surface area contributed by atoms with Gasteiger partial charge in [-0.2, -0.15) is 0 Å². The number of nitrogens with zero attached hydrogens (tertiary/aromatic N) is 2. The van der Waals surface area contributed by atoms with Crippen LogP contribution in [0, 0.1) is 0 Å². The molecule has 3 heteroatoms. The van der Waals surface area contributed by atoms with Gasteiger partial charge in [-0.25, -0.2) is 4.98 Å². The van der Waals surface area contributed by atoms with E-state index in [0.29, 0.717) is 12.5 Å². The molecule has 3 rings (SSSR count). The Hall–Kier alpha value is -2.16. The predicted octanol–water partition coefficient (Wildman–Crippen LogP) is 3.24. The van der Waals surface area contributed by atoms with E-state index in [4.69, 9.17) is 4.74 Å². The number of aromatic nitrogens is 1. The van der Waals surface area contributed by atoms with Crippen molar-refractivity contribution in [3.05, 3.63) is 59.8 Å². The number of aliphatic imine (C=N–C) groups is 1. The summed E-state index contributed by atoms with van der Waals surface area (Å²) in [6.45, 7) is 1.50. The van der Waals surface area contributed by atoms with Gasteiger partial charge in [0.25, 0.3) is 0 Å². The van der Waals surface area contributed by atoms with Gasteiger partial charge in [0.05, 0.1) is 0 Å². The lowest BCUT2D eigenvalue weighted by atomic mass is 10.1. The Bertz CT molecular complexity index is 561. The number of hydrogen-bond acceptors (Lipinski definition) is 3. The highest BCUT2D eigenvalue weighted by Crippen LogP contribution is 2.15. The maximum atomic E-state index is 5.66. The van der Waals surface area contributed by atoms with Gasteiger partial charge in [0.1, 0.15) is 6.61 Å². The molecule has 0 atom stereocenters. The molecule has 0 amide bonds. The summed E-state index contributed by atoms with van der Waals surface area (Å²) < 4.78 is 5.66. The zero-order valence-electron chi connectivity index (χ0n) is 10.7. The van der Waals surface area contributed by atoms with Crippen LogP contribution in [0.1, 0.15) is 24.0 Å². The number of rotatable bonds is 4. The van der Waals surface area contributed by atoms with Crippen molar-refractivity contribution in [3.63, 3.8) is 0 Å². The third-order valence-corrected chi connectivity index (χ3v) is 3.17. The highest BCUT2D eigenvalue weighted by molar-refractivity contribution is 6.01. The molecule has 96 valence electrons. The summed E-state index contributed by atoms with van der Waals surface area (Å²) in [7, 11) is 0. The lowest BCUT2D eigenvalue weighted by Crippen LogP contribution is -2.00. The van der Waals surface area contributed by atoms with Crippen LogP contribution in [-0.4, -0.2) is 17.2 Å². The maximum absolute atomic E-state index is 5.66. The second kappa shape index (κ2) is 5.65. The first-order valence-corrected chi connectivity index (χ1v) is 6.58. The Kier molecular flexibility index (Phi) is 3.54. The van der Waals surface area contributed by atoms with Gasteiger partial charge in [-0.1, -0.05) is 30.3 Å². The van der Waals surface area contributed by atoms with E-state index in [9.17, 15) is 0 Å². The van der Waals surface area contributed by atoms with Gasteiger partial charge in [-0.05, 0) is 24.5 Å². The van der Waals surface area contributed by atoms with Gasteiger partial charge in [-0.3, -0.25) is 4.99 Å². The molecule has 3 nitrogen and oxygen atoms in total. The third-order valence-electron chi connectivity index (χ3n) is 3.17. The molecule has 0 saturated heterocycles. The second-order valence-electron chi connectivity index (χ2n) is 4.59. The number of benzene rings is 1. The molecule has 1 aromatic heterocycles. The van der Waals surface area contributed by atoms with Crippen molar-refractivity contribution < 1.29 is 4.74 Å². The van der Waals surface area contributed by atoms with Crippen molar-refractivity contribution in [2.45, 2.75) is 19.4 Å². The molecule has 2 aromatic rings. The normalized spacial score (nSPS) is 14.2. The quantitative estimate of drug-likeness (QED) is 0.837. The minimum absolute atomic E-state index is 0.550. The van der Waals surface area contributed by atoms with Crippen LogP contribution in [0.2, 0.25) is 0 Å². The van der Waals surface area contributed by atoms with Crippen molar-refractivity contribution in [1.82, 2.24) is 4.98 Å². The molecular weight excluding hydrogens is 236 g/mol. The van der Waals surface area contributed by atoms with E-state index in [1.165, 1.54) is 5.71 Å². The first kappa shape index (κ1) is 11.9. The zero-order valence-corrected chi connectivity index (χ0v) is 10.7. The Labute approximate surface area is 113 Å². The van der Waals surface area contributed by atoms with E-state index in [-0.39, 0.29) is 0 Å². The van der Waals surface area contributed by atoms with Gasteiger partial charge in [-0.15, -0.1) is 0 Å². The van der Waals surface area contributed by atoms with E-state index in [1.54, 1.807) is 0 Å². The molecule has 0 N–H and O–H groups in total. The summed E-state index contributed by atoms with van der Waals surface area (Å²) in [6.07, 6.45) is 4.07. The minimum atomic E-state index is 0.550. The van der Waals surface area contributed by atoms with Crippen molar-refractivity contribution in [1.29, 1.82) is 0 Å². The van der Waals surface area contributed by atoms with Gasteiger partial charge in [0.15, 0.2) is 0 Å². The monoisotopic (exact) mass is 252 g/mol. The van der Waals surface area contributed by atoms with Crippen molar-refractivity contribution >= 4 is 5.71 Å². The molecule has 0 aliphatic carbocycles. The van der Waals surface area contributed by atoms with Gasteiger partial charge in [0, 0.05) is 30.1 Å². The van der Waals surface area contributed by atoms with E-state index < -0.39 is 0 Å². The molecule has 0 fully saturated rings. The minimum Gasteiger partial charge on any atom is -0.473 e. The first-order valence-electron chi connectivity index (χ1n) is 6.58. The van der Waals surface area contributed by atoms with Crippen LogP contribution in [0.5, 0.6) is 5.88 Å². The fourth-order valence-electron chi connectivity index (χ4n) is 2.14. The summed E-state index contributed by atoms with van der Waals surface area (Å²) >= 11 is 0. The van der Waals surface area contributed by atoms with Crippen LogP contribution in [0.4, 0.5) is 0 Å². The van der Waals surface area contributed by atoms with Gasteiger partial charge >= 0.3 is 0 Å². The summed E-state index contributed by atoms with van der Waals surface area (Å²) in [5, 5.41) is 0. The molecule has 19 heavy (non-hydrogen) atoms. The Balaban J connectivity index is 1.63. The largest absolute Gasteiger partial charge is 0.473 e. The molecule has 1 aromatic carbocycles. The molecular formula is C16H16N2O. The lowest BCUT2D eigenvalue weighted by molar-refractivity contribution is 0.294. The van der Waals surface area contributed by atoms with Crippen molar-refractivity contribution in [2.75, 3.05) is 6.54 Å². The van der Waals surface area contributed by atoms with Gasteiger partial charge < -0.3 is 4.74 Å². The fourth-order valence-corrected chi connectivity index (χ4v) is 2.14. The molecule has 0 spiro atoms. The Morgan fingerprint density at radius 3 is 2.63 bits per heavy atom. The Morgan fingerprint density at radius 2 is 1.95 bits per heavy atom. The van der Waals surface area contributed by atoms with Crippen molar-refractivity contribution in [3.8, 4) is 5.88 Å². The van der Waals surface area contributed by atoms with E-state index in [2.05, 4.69) is 9.98 Å². The molecule has 0 bridgehead atoms. The predicted molar refractivity (Wildman–Crippen MR) is 75.6 cm³/mol. The van der Waals surface area contributed by atoms with E-state index in [0.717, 1.165) is 30.5 Å². The third kappa shape index (κ3) is 2.99. The standard InChI is InChI=1S/C16H16N2O/c1-2-5-13(6-3-1)12-19-16-9-8-14(11-18-16)15-7-4-10-17-15/h1-3,5-6,8-9,11H,4,7,10,12H2. The highest BCUT2D eigenvalue weighted by Gasteiger charge is 2.09. The summed E-state index contributed by atoms with van der Waals surface area (Å²) in [4.78, 5) is 8.80. The SMILES string of the molecule is c1ccc(COc2ccc(C3=NCCC3)cn2)cc1. The van der Waals surface area contributed by atoms with Crippen LogP contribution in [-0.2, 0) is 6.61 Å². The summed E-state index contributed by atoms with van der Waals surface area (Å²) in [5.41, 5.74) is 3.43. The van der Waals surface area contributed by atoms with Gasteiger partial charge in [0.2, 0.25) is 5.88 Å². The average molecular weight is 252 g/mol. The maximum Gasteiger partial charge on any atom is 0.213 e. The Morgan fingerprint density at radius 1 is 1.05 bits per heavy atom. The number of ether oxygens (including phenoxy) is 1. The number of hydrogen-bond donors (Lipinski definition) is 0. The second-order valence-corrected chi connectivity index (χ2v) is 4.59. The zero-order chi connectivity index (χ0) is 12.9. The number of pyridine rings is 1. The average Bonchev–Trinajstić information content (AvgIpc) is 3.01. The molecule has 0 radical (unpaired) electrons. The molecule has 0 saturated carbocycles. The lowest BCUT2D eigenvalue weighted by Gasteiger charge is -2.06. The van der Waals surface area contributed by atoms with Crippen LogP contribution in [0.25, 0.3) is 0 Å². The summed E-state index contributed by atoms with van der Waals surface area (Å²) in [6, 6.07) is 14.1. The van der Waals surface area contributed by atoms with Crippen LogP contribution in [0.3, 0.4) is 0 Å². The van der Waals surface area contributed by atoms with Crippen LogP contribution < -0.4 is 4.74 Å². The van der Waals surface area contributed by atoms with E-state index >= 15 is 0 Å². The fraction of sp³-hybridized carbons (Fsp3) is 0.250. The molecule has 1 aliphatic heterocycles. The van der Waals surface area contributed by atoms with Crippen LogP contribution >= 0.6 is 0 Å². The van der Waals surface area contributed by atoms with Crippen LogP contribution in [0.15, 0.2) is 53.7 Å². The first-order chi connectivity index (χ1) is 9.42. The topological polar surface area (TPSA) is 34.5 Å². The molecule has 0 unspecified atom stereocenters. The summed E-state index contributed by atoms with van der Waals surface area (Å²) in [5.74, 6) is 0.659. The highest BCUT2D eigenvalue weighted by atomic mass is 16.5. The van der Waals surface area contributed by atoms with Crippen molar-refractivity contribution in [2.24, 2.45) is 4.99 Å². The molecule has 1 aliphatic rings. The molecule has 2 heterocycles. The smallest absolute Gasteiger partial charge is 0.213 e.